The lowest BCUT2D eigenvalue weighted by molar-refractivity contribution is -0.121. The summed E-state index contributed by atoms with van der Waals surface area (Å²) in [5.41, 5.74) is 2.33. The molecule has 1 heterocycles. The number of benzene rings is 1. The number of rotatable bonds is 5. The quantitative estimate of drug-likeness (QED) is 0.799. The van der Waals surface area contributed by atoms with Gasteiger partial charge in [0.15, 0.2) is 0 Å². The van der Waals surface area contributed by atoms with E-state index in [1.54, 1.807) is 11.3 Å². The van der Waals surface area contributed by atoms with Crippen LogP contribution in [0.15, 0.2) is 36.4 Å². The Balaban J connectivity index is 1.96. The van der Waals surface area contributed by atoms with Gasteiger partial charge in [0.1, 0.15) is 0 Å². The van der Waals surface area contributed by atoms with Crippen molar-refractivity contribution in [3.8, 4) is 0 Å². The van der Waals surface area contributed by atoms with Crippen LogP contribution in [-0.4, -0.2) is 11.2 Å². The van der Waals surface area contributed by atoms with Crippen molar-refractivity contribution in [3.05, 3.63) is 57.3 Å². The summed E-state index contributed by atoms with van der Waals surface area (Å²) in [7, 11) is 0. The van der Waals surface area contributed by atoms with Gasteiger partial charge in [-0.05, 0) is 44.4 Å². The van der Waals surface area contributed by atoms with Gasteiger partial charge in [-0.15, -0.1) is 11.3 Å². The Morgan fingerprint density at radius 3 is 2.52 bits per heavy atom. The molecule has 2 aromatic rings. The number of aryl methyl sites for hydroxylation is 2. The lowest BCUT2D eigenvalue weighted by atomic mass is 10.1. The highest BCUT2D eigenvalue weighted by Gasteiger charge is 2.19. The molecule has 0 bridgehead atoms. The van der Waals surface area contributed by atoms with E-state index in [9.17, 15) is 4.79 Å². The fourth-order valence-electron chi connectivity index (χ4n) is 2.40. The van der Waals surface area contributed by atoms with Gasteiger partial charge in [-0.3, -0.25) is 4.79 Å². The summed E-state index contributed by atoms with van der Waals surface area (Å²) in [6.07, 6.45) is 0.643. The van der Waals surface area contributed by atoms with Crippen LogP contribution in [0.3, 0.4) is 0 Å². The third kappa shape index (κ3) is 4.35. The highest BCUT2D eigenvalue weighted by atomic mass is 32.1. The average molecular weight is 319 g/mol. The molecule has 0 saturated heterocycles. The second-order valence-electron chi connectivity index (χ2n) is 5.30. The molecule has 1 aromatic carbocycles. The summed E-state index contributed by atoms with van der Waals surface area (Å²) < 4.78 is 0. The summed E-state index contributed by atoms with van der Waals surface area (Å²) in [6.45, 7) is 6.21. The maximum absolute atomic E-state index is 12.3. The first-order valence-electron chi connectivity index (χ1n) is 7.06. The molecule has 0 spiro atoms. The van der Waals surface area contributed by atoms with Crippen molar-refractivity contribution >= 4 is 29.9 Å². The maximum atomic E-state index is 12.3. The predicted octanol–water partition coefficient (Wildman–Crippen LogP) is 4.08. The first kappa shape index (κ1) is 16.1. The molecule has 0 fully saturated rings. The van der Waals surface area contributed by atoms with Crippen molar-refractivity contribution in [1.82, 2.24) is 5.32 Å². The largest absolute Gasteiger partial charge is 0.349 e. The fraction of sp³-hybridized carbons (Fsp3) is 0.353. The zero-order valence-electron chi connectivity index (χ0n) is 12.6. The van der Waals surface area contributed by atoms with Crippen molar-refractivity contribution in [2.45, 2.75) is 38.5 Å². The molecule has 0 aliphatic carbocycles. The highest BCUT2D eigenvalue weighted by Crippen LogP contribution is 2.26. The van der Waals surface area contributed by atoms with E-state index in [2.05, 4.69) is 37.9 Å². The van der Waals surface area contributed by atoms with Gasteiger partial charge in [-0.2, -0.15) is 12.6 Å². The number of hydrogen-bond donors (Lipinski definition) is 2. The minimum atomic E-state index is -0.324. The van der Waals surface area contributed by atoms with Crippen LogP contribution < -0.4 is 5.32 Å². The number of hydrogen-bond acceptors (Lipinski definition) is 3. The number of amides is 1. The van der Waals surface area contributed by atoms with Crippen LogP contribution in [0.25, 0.3) is 0 Å². The molecular formula is C17H21NOS2. The highest BCUT2D eigenvalue weighted by molar-refractivity contribution is 7.81. The fourth-order valence-corrected chi connectivity index (χ4v) is 3.71. The lowest BCUT2D eigenvalue weighted by Gasteiger charge is -2.17. The van der Waals surface area contributed by atoms with Gasteiger partial charge in [0.25, 0.3) is 0 Å². The number of thiol groups is 1. The number of thiophene rings is 1. The van der Waals surface area contributed by atoms with E-state index in [4.69, 9.17) is 0 Å². The van der Waals surface area contributed by atoms with Gasteiger partial charge in [0, 0.05) is 9.75 Å². The Kier molecular flexibility index (Phi) is 5.48. The molecule has 1 amide bonds. The minimum absolute atomic E-state index is 0.0158. The van der Waals surface area contributed by atoms with Gasteiger partial charge in [-0.1, -0.05) is 30.3 Å². The summed E-state index contributed by atoms with van der Waals surface area (Å²) >= 11 is 6.21. The molecule has 2 rings (SSSR count). The third-order valence-electron chi connectivity index (χ3n) is 3.48. The Morgan fingerprint density at radius 1 is 1.29 bits per heavy atom. The van der Waals surface area contributed by atoms with Crippen LogP contribution in [0.4, 0.5) is 0 Å². The van der Waals surface area contributed by atoms with Crippen molar-refractivity contribution in [3.63, 3.8) is 0 Å². The maximum Gasteiger partial charge on any atom is 0.233 e. The smallest absolute Gasteiger partial charge is 0.233 e. The van der Waals surface area contributed by atoms with Gasteiger partial charge >= 0.3 is 0 Å². The molecule has 0 saturated carbocycles. The zero-order chi connectivity index (χ0) is 15.4. The average Bonchev–Trinajstić information content (AvgIpc) is 2.78. The summed E-state index contributed by atoms with van der Waals surface area (Å²) in [4.78, 5) is 14.8. The van der Waals surface area contributed by atoms with Gasteiger partial charge in [0.2, 0.25) is 5.91 Å². The van der Waals surface area contributed by atoms with Crippen molar-refractivity contribution in [2.75, 3.05) is 0 Å². The number of carbonyl (C=O) groups is 1. The Labute approximate surface area is 136 Å². The van der Waals surface area contributed by atoms with E-state index in [0.29, 0.717) is 6.42 Å². The summed E-state index contributed by atoms with van der Waals surface area (Å²) in [5, 5.41) is 2.74. The minimum Gasteiger partial charge on any atom is -0.349 e. The molecule has 4 heteroatoms. The Bertz CT molecular complexity index is 607. The predicted molar refractivity (Wildman–Crippen MR) is 93.3 cm³/mol. The molecular weight excluding hydrogens is 298 g/mol. The second-order valence-corrected chi connectivity index (χ2v) is 7.39. The Hall–Kier alpha value is -1.26. The van der Waals surface area contributed by atoms with Crippen LogP contribution in [0, 0.1) is 13.8 Å². The molecule has 2 atom stereocenters. The Morgan fingerprint density at radius 2 is 1.95 bits per heavy atom. The standard InChI is InChI=1S/C17H21NOS2/c1-11-9-15(13(3)21-11)12(2)18-17(19)16(20)10-14-7-5-4-6-8-14/h4-9,12,16,20H,10H2,1-3H3,(H,18,19). The third-order valence-corrected chi connectivity index (χ3v) is 4.88. The summed E-state index contributed by atoms with van der Waals surface area (Å²) in [5.74, 6) is -0.0158. The molecule has 0 radical (unpaired) electrons. The molecule has 0 aliphatic heterocycles. The number of nitrogens with one attached hydrogen (secondary N) is 1. The second kappa shape index (κ2) is 7.14. The van der Waals surface area contributed by atoms with E-state index >= 15 is 0 Å². The van der Waals surface area contributed by atoms with Gasteiger partial charge in [0.05, 0.1) is 11.3 Å². The lowest BCUT2D eigenvalue weighted by Crippen LogP contribution is -2.34. The monoisotopic (exact) mass is 319 g/mol. The molecule has 1 N–H and O–H groups in total. The first-order chi connectivity index (χ1) is 9.97. The van der Waals surface area contributed by atoms with E-state index in [1.165, 1.54) is 15.3 Å². The molecule has 2 unspecified atom stereocenters. The first-order valence-corrected chi connectivity index (χ1v) is 8.40. The van der Waals surface area contributed by atoms with Crippen molar-refractivity contribution < 1.29 is 4.79 Å². The van der Waals surface area contributed by atoms with Crippen LogP contribution in [0.1, 0.15) is 33.8 Å². The van der Waals surface area contributed by atoms with Crippen molar-refractivity contribution in [2.24, 2.45) is 0 Å². The topological polar surface area (TPSA) is 29.1 Å². The number of carbonyl (C=O) groups excluding carboxylic acids is 1. The van der Waals surface area contributed by atoms with Crippen LogP contribution in [0.5, 0.6) is 0 Å². The molecule has 21 heavy (non-hydrogen) atoms. The zero-order valence-corrected chi connectivity index (χ0v) is 14.3. The molecule has 0 aliphatic rings. The van der Waals surface area contributed by atoms with Crippen LogP contribution >= 0.6 is 24.0 Å². The van der Waals surface area contributed by atoms with Gasteiger partial charge < -0.3 is 5.32 Å². The van der Waals surface area contributed by atoms with E-state index < -0.39 is 0 Å². The molecule has 2 nitrogen and oxygen atoms in total. The van der Waals surface area contributed by atoms with Gasteiger partial charge in [-0.25, -0.2) is 0 Å². The van der Waals surface area contributed by atoms with Crippen molar-refractivity contribution in [1.29, 1.82) is 0 Å². The molecule has 1 aromatic heterocycles. The van der Waals surface area contributed by atoms with E-state index in [-0.39, 0.29) is 17.2 Å². The van der Waals surface area contributed by atoms with E-state index in [0.717, 1.165) is 5.56 Å². The normalized spacial score (nSPS) is 13.7. The summed E-state index contributed by atoms with van der Waals surface area (Å²) in [6, 6.07) is 12.1. The van der Waals surface area contributed by atoms with E-state index in [1.807, 2.05) is 37.3 Å². The SMILES string of the molecule is Cc1cc(C(C)NC(=O)C(S)Cc2ccccc2)c(C)s1. The van der Waals surface area contributed by atoms with Crippen LogP contribution in [-0.2, 0) is 11.2 Å². The molecule has 112 valence electrons. The van der Waals surface area contributed by atoms with Crippen LogP contribution in [0.2, 0.25) is 0 Å².